The molecule has 0 aliphatic heterocycles. The van der Waals surface area contributed by atoms with Crippen molar-refractivity contribution in [3.8, 4) is 0 Å². The molecule has 0 radical (unpaired) electrons. The standard InChI is InChI=1S/C17H30O/c1-3-4-14-5-7-16(8-6-14)17-11-9-15(10-12-17)13(2)18/h14-17H,3-12H2,1-2H3/t14-,15-,16-,17-. The maximum Gasteiger partial charge on any atom is 0.132 e. The monoisotopic (exact) mass is 250 g/mol. The second-order valence-electron chi connectivity index (χ2n) is 6.79. The quantitative estimate of drug-likeness (QED) is 0.687. The summed E-state index contributed by atoms with van der Waals surface area (Å²) in [6.07, 6.45) is 13.7. The third kappa shape index (κ3) is 3.59. The predicted molar refractivity (Wildman–Crippen MR) is 76.5 cm³/mol. The number of rotatable bonds is 4. The maximum atomic E-state index is 11.4. The summed E-state index contributed by atoms with van der Waals surface area (Å²) in [5.41, 5.74) is 0. The molecule has 0 spiro atoms. The van der Waals surface area contributed by atoms with Gasteiger partial charge in [0.05, 0.1) is 0 Å². The minimum Gasteiger partial charge on any atom is -0.300 e. The summed E-state index contributed by atoms with van der Waals surface area (Å²) >= 11 is 0. The molecule has 0 aromatic heterocycles. The SMILES string of the molecule is CCC[C@H]1CC[C@H]([C@H]2CC[C@H](C(C)=O)CC2)CC1. The van der Waals surface area contributed by atoms with Gasteiger partial charge in [0.2, 0.25) is 0 Å². The van der Waals surface area contributed by atoms with Gasteiger partial charge in [0, 0.05) is 5.92 Å². The normalized spacial score (nSPS) is 37.4. The van der Waals surface area contributed by atoms with E-state index in [0.717, 1.165) is 17.8 Å². The fourth-order valence-corrected chi connectivity index (χ4v) is 4.35. The lowest BCUT2D eigenvalue weighted by Gasteiger charge is -2.37. The Bertz CT molecular complexity index is 255. The molecule has 104 valence electrons. The molecule has 2 aliphatic carbocycles. The maximum absolute atomic E-state index is 11.4. The van der Waals surface area contributed by atoms with Crippen LogP contribution < -0.4 is 0 Å². The van der Waals surface area contributed by atoms with Crippen LogP contribution in [0.2, 0.25) is 0 Å². The van der Waals surface area contributed by atoms with Crippen LogP contribution in [-0.4, -0.2) is 5.78 Å². The molecule has 1 nitrogen and oxygen atoms in total. The van der Waals surface area contributed by atoms with Gasteiger partial charge in [0.15, 0.2) is 0 Å². The molecule has 0 bridgehead atoms. The third-order valence-electron chi connectivity index (χ3n) is 5.60. The molecule has 2 aliphatic rings. The number of carbonyl (C=O) groups excluding carboxylic acids is 1. The summed E-state index contributed by atoms with van der Waals surface area (Å²) in [5.74, 6) is 3.80. The molecule has 0 amide bonds. The topological polar surface area (TPSA) is 17.1 Å². The van der Waals surface area contributed by atoms with Crippen molar-refractivity contribution < 1.29 is 4.79 Å². The zero-order valence-corrected chi connectivity index (χ0v) is 12.3. The Balaban J connectivity index is 1.73. The first-order valence-electron chi connectivity index (χ1n) is 8.21. The molecule has 0 aromatic rings. The van der Waals surface area contributed by atoms with Gasteiger partial charge in [0.1, 0.15) is 5.78 Å². The summed E-state index contributed by atoms with van der Waals surface area (Å²) in [5, 5.41) is 0. The van der Waals surface area contributed by atoms with Crippen molar-refractivity contribution in [2.24, 2.45) is 23.7 Å². The number of hydrogen-bond acceptors (Lipinski definition) is 1. The smallest absolute Gasteiger partial charge is 0.132 e. The Hall–Kier alpha value is -0.330. The molecule has 2 rings (SSSR count). The van der Waals surface area contributed by atoms with Crippen LogP contribution in [0, 0.1) is 23.7 Å². The van der Waals surface area contributed by atoms with Crippen molar-refractivity contribution in [1.82, 2.24) is 0 Å². The van der Waals surface area contributed by atoms with Gasteiger partial charge >= 0.3 is 0 Å². The predicted octanol–water partition coefficient (Wildman–Crippen LogP) is 4.99. The Kier molecular flexibility index (Phi) is 5.26. The van der Waals surface area contributed by atoms with E-state index < -0.39 is 0 Å². The van der Waals surface area contributed by atoms with Gasteiger partial charge in [-0.25, -0.2) is 0 Å². The zero-order chi connectivity index (χ0) is 13.0. The van der Waals surface area contributed by atoms with E-state index in [1.807, 2.05) is 0 Å². The molecule has 1 heteroatoms. The minimum absolute atomic E-state index is 0.401. The molecule has 0 saturated heterocycles. The lowest BCUT2D eigenvalue weighted by atomic mass is 9.68. The summed E-state index contributed by atoms with van der Waals surface area (Å²) in [7, 11) is 0. The molecule has 0 unspecified atom stereocenters. The molecular formula is C17H30O. The Morgan fingerprint density at radius 3 is 1.83 bits per heavy atom. The second-order valence-corrected chi connectivity index (χ2v) is 6.79. The first-order valence-corrected chi connectivity index (χ1v) is 8.21. The average molecular weight is 250 g/mol. The molecular weight excluding hydrogens is 220 g/mol. The number of Topliss-reactive ketones (excluding diaryl/α,β-unsaturated/α-hetero) is 1. The van der Waals surface area contributed by atoms with E-state index in [4.69, 9.17) is 0 Å². The van der Waals surface area contributed by atoms with Gasteiger partial charge in [-0.05, 0) is 63.2 Å². The van der Waals surface area contributed by atoms with Gasteiger partial charge in [-0.15, -0.1) is 0 Å². The average Bonchev–Trinajstić information content (AvgIpc) is 2.40. The molecule has 0 aromatic carbocycles. The largest absolute Gasteiger partial charge is 0.300 e. The first kappa shape index (κ1) is 14.1. The molecule has 18 heavy (non-hydrogen) atoms. The Morgan fingerprint density at radius 2 is 1.39 bits per heavy atom. The summed E-state index contributed by atoms with van der Waals surface area (Å²) < 4.78 is 0. The van der Waals surface area contributed by atoms with E-state index in [9.17, 15) is 4.79 Å². The van der Waals surface area contributed by atoms with Crippen molar-refractivity contribution >= 4 is 5.78 Å². The van der Waals surface area contributed by atoms with Crippen LogP contribution in [0.4, 0.5) is 0 Å². The molecule has 2 fully saturated rings. The lowest BCUT2D eigenvalue weighted by molar-refractivity contribution is -0.122. The van der Waals surface area contributed by atoms with Crippen molar-refractivity contribution in [3.05, 3.63) is 0 Å². The van der Waals surface area contributed by atoms with Crippen molar-refractivity contribution in [1.29, 1.82) is 0 Å². The van der Waals surface area contributed by atoms with Crippen molar-refractivity contribution in [2.45, 2.75) is 78.1 Å². The summed E-state index contributed by atoms with van der Waals surface area (Å²) in [4.78, 5) is 11.4. The van der Waals surface area contributed by atoms with Crippen LogP contribution in [-0.2, 0) is 4.79 Å². The third-order valence-corrected chi connectivity index (χ3v) is 5.60. The highest BCUT2D eigenvalue weighted by Gasteiger charge is 2.31. The number of ketones is 1. The van der Waals surface area contributed by atoms with Crippen LogP contribution in [0.1, 0.15) is 78.1 Å². The van der Waals surface area contributed by atoms with Crippen LogP contribution in [0.15, 0.2) is 0 Å². The fraction of sp³-hybridized carbons (Fsp3) is 0.941. The Labute approximate surface area is 113 Å². The zero-order valence-electron chi connectivity index (χ0n) is 12.3. The van der Waals surface area contributed by atoms with Crippen molar-refractivity contribution in [2.75, 3.05) is 0 Å². The molecule has 0 N–H and O–H groups in total. The van der Waals surface area contributed by atoms with Crippen LogP contribution in [0.3, 0.4) is 0 Å². The van der Waals surface area contributed by atoms with E-state index >= 15 is 0 Å². The van der Waals surface area contributed by atoms with Gasteiger partial charge in [-0.1, -0.05) is 32.6 Å². The van der Waals surface area contributed by atoms with E-state index in [2.05, 4.69) is 6.92 Å². The van der Waals surface area contributed by atoms with Gasteiger partial charge in [-0.3, -0.25) is 4.79 Å². The van der Waals surface area contributed by atoms with E-state index in [-0.39, 0.29) is 0 Å². The first-order chi connectivity index (χ1) is 8.70. The number of hydrogen-bond donors (Lipinski definition) is 0. The second kappa shape index (κ2) is 6.73. The van der Waals surface area contributed by atoms with E-state index in [1.165, 1.54) is 64.2 Å². The van der Waals surface area contributed by atoms with Crippen molar-refractivity contribution in [3.63, 3.8) is 0 Å². The van der Waals surface area contributed by atoms with E-state index in [1.54, 1.807) is 6.92 Å². The summed E-state index contributed by atoms with van der Waals surface area (Å²) in [6.45, 7) is 4.09. The number of carbonyl (C=O) groups is 1. The highest BCUT2D eigenvalue weighted by molar-refractivity contribution is 5.78. The highest BCUT2D eigenvalue weighted by atomic mass is 16.1. The molecule has 0 heterocycles. The minimum atomic E-state index is 0.401. The van der Waals surface area contributed by atoms with Gasteiger partial charge in [0.25, 0.3) is 0 Å². The summed E-state index contributed by atoms with van der Waals surface area (Å²) in [6, 6.07) is 0. The molecule has 2 saturated carbocycles. The molecule has 0 atom stereocenters. The van der Waals surface area contributed by atoms with Gasteiger partial charge < -0.3 is 0 Å². The van der Waals surface area contributed by atoms with E-state index in [0.29, 0.717) is 11.7 Å². The fourth-order valence-electron chi connectivity index (χ4n) is 4.35. The van der Waals surface area contributed by atoms with Crippen LogP contribution in [0.25, 0.3) is 0 Å². The lowest BCUT2D eigenvalue weighted by Crippen LogP contribution is -2.27. The Morgan fingerprint density at radius 1 is 0.889 bits per heavy atom. The van der Waals surface area contributed by atoms with Crippen LogP contribution in [0.5, 0.6) is 0 Å². The van der Waals surface area contributed by atoms with Crippen LogP contribution >= 0.6 is 0 Å². The highest BCUT2D eigenvalue weighted by Crippen LogP contribution is 2.42. The van der Waals surface area contributed by atoms with Gasteiger partial charge in [-0.2, -0.15) is 0 Å².